The summed E-state index contributed by atoms with van der Waals surface area (Å²) in [4.78, 5) is 36.7. The van der Waals surface area contributed by atoms with Crippen LogP contribution in [-0.4, -0.2) is 42.9 Å². The van der Waals surface area contributed by atoms with E-state index in [9.17, 15) is 14.4 Å². The third kappa shape index (κ3) is 4.89. The van der Waals surface area contributed by atoms with Crippen molar-refractivity contribution in [3.8, 4) is 11.5 Å². The summed E-state index contributed by atoms with van der Waals surface area (Å²) in [6.45, 7) is 1.97. The Kier molecular flexibility index (Phi) is 7.43. The van der Waals surface area contributed by atoms with E-state index < -0.39 is 24.0 Å². The average molecular weight is 478 g/mol. The number of nitrogens with zero attached hydrogens (tertiary/aromatic N) is 1. The van der Waals surface area contributed by atoms with E-state index in [0.29, 0.717) is 39.0 Å². The number of Topliss-reactive ketones (excluding diaryl/α,β-unsaturated/α-hetero) is 2. The Morgan fingerprint density at radius 2 is 1.69 bits per heavy atom. The second kappa shape index (κ2) is 10.1. The first-order valence-corrected chi connectivity index (χ1v) is 10.5. The fraction of sp³-hybridized carbons (Fsp3) is 0.261. The fourth-order valence-corrected chi connectivity index (χ4v) is 3.80. The molecule has 0 aliphatic heterocycles. The van der Waals surface area contributed by atoms with Crippen LogP contribution in [0.5, 0.6) is 11.5 Å². The summed E-state index contributed by atoms with van der Waals surface area (Å²) in [5, 5.41) is 1.54. The molecule has 0 aliphatic carbocycles. The third-order valence-corrected chi connectivity index (χ3v) is 5.45. The maximum Gasteiger partial charge on any atom is 0.375 e. The second-order valence-corrected chi connectivity index (χ2v) is 7.72. The third-order valence-electron chi connectivity index (χ3n) is 4.87. The van der Waals surface area contributed by atoms with Crippen LogP contribution in [0.4, 0.5) is 0 Å². The number of esters is 1. The van der Waals surface area contributed by atoms with Gasteiger partial charge in [-0.05, 0) is 30.7 Å². The highest BCUT2D eigenvalue weighted by atomic mass is 35.5. The van der Waals surface area contributed by atoms with Crippen molar-refractivity contribution in [1.82, 2.24) is 4.57 Å². The van der Waals surface area contributed by atoms with E-state index in [0.717, 1.165) is 5.56 Å². The normalized spacial score (nSPS) is 10.8. The Bertz CT molecular complexity index is 1200. The molecule has 1 aromatic heterocycles. The Hall–Kier alpha value is -3.03. The van der Waals surface area contributed by atoms with Crippen molar-refractivity contribution < 1.29 is 28.6 Å². The molecule has 9 heteroatoms. The monoisotopic (exact) mass is 477 g/mol. The Labute approximate surface area is 194 Å². The van der Waals surface area contributed by atoms with Gasteiger partial charge >= 0.3 is 5.97 Å². The van der Waals surface area contributed by atoms with E-state index in [1.807, 2.05) is 4.57 Å². The smallest absolute Gasteiger partial charge is 0.375 e. The molecule has 0 atom stereocenters. The topological polar surface area (TPSA) is 83.8 Å². The number of aromatic nitrogens is 1. The molecule has 0 saturated heterocycles. The minimum Gasteiger partial charge on any atom is -0.493 e. The van der Waals surface area contributed by atoms with Crippen LogP contribution in [0.2, 0.25) is 10.0 Å². The molecule has 0 radical (unpaired) electrons. The Balaban J connectivity index is 2.08. The molecule has 7 nitrogen and oxygen atoms in total. The van der Waals surface area contributed by atoms with E-state index in [4.69, 9.17) is 37.4 Å². The lowest BCUT2D eigenvalue weighted by Gasteiger charge is -2.11. The van der Waals surface area contributed by atoms with Crippen molar-refractivity contribution in [2.45, 2.75) is 19.9 Å². The molecule has 0 aliphatic rings. The van der Waals surface area contributed by atoms with E-state index in [1.165, 1.54) is 14.2 Å². The van der Waals surface area contributed by atoms with Crippen molar-refractivity contribution in [3.05, 3.63) is 57.7 Å². The molecule has 0 amide bonds. The molecular weight excluding hydrogens is 457 g/mol. The number of carbonyl (C=O) groups is 3. The largest absolute Gasteiger partial charge is 0.493 e. The molecule has 2 aromatic carbocycles. The Morgan fingerprint density at radius 3 is 2.31 bits per heavy atom. The zero-order valence-corrected chi connectivity index (χ0v) is 19.2. The summed E-state index contributed by atoms with van der Waals surface area (Å²) < 4.78 is 17.3. The van der Waals surface area contributed by atoms with E-state index in [-0.39, 0.29) is 12.2 Å². The van der Waals surface area contributed by atoms with Gasteiger partial charge in [-0.2, -0.15) is 0 Å². The van der Waals surface area contributed by atoms with E-state index >= 15 is 0 Å². The van der Waals surface area contributed by atoms with Gasteiger partial charge in [-0.25, -0.2) is 4.79 Å². The molecule has 0 fully saturated rings. The summed E-state index contributed by atoms with van der Waals surface area (Å²) in [6.07, 6.45) is 1.02. The minimum absolute atomic E-state index is 0.0525. The number of carbonyl (C=O) groups excluding carboxylic acids is 3. The number of fused-ring (bicyclic) bond motifs is 1. The second-order valence-electron chi connectivity index (χ2n) is 6.87. The van der Waals surface area contributed by atoms with Crippen molar-refractivity contribution in [3.63, 3.8) is 0 Å². The fourth-order valence-electron chi connectivity index (χ4n) is 3.33. The van der Waals surface area contributed by atoms with Gasteiger partial charge in [-0.15, -0.1) is 0 Å². The van der Waals surface area contributed by atoms with Crippen LogP contribution >= 0.6 is 23.2 Å². The van der Waals surface area contributed by atoms with Crippen molar-refractivity contribution >= 4 is 51.6 Å². The highest BCUT2D eigenvalue weighted by Crippen LogP contribution is 2.36. The summed E-state index contributed by atoms with van der Waals surface area (Å²) >= 11 is 12.3. The predicted molar refractivity (Wildman–Crippen MR) is 121 cm³/mol. The van der Waals surface area contributed by atoms with Crippen LogP contribution < -0.4 is 9.47 Å². The molecule has 3 rings (SSSR count). The maximum absolute atomic E-state index is 13.0. The van der Waals surface area contributed by atoms with Crippen molar-refractivity contribution in [2.24, 2.45) is 0 Å². The van der Waals surface area contributed by atoms with Gasteiger partial charge in [0.15, 0.2) is 17.3 Å². The van der Waals surface area contributed by atoms with Crippen LogP contribution in [0.1, 0.15) is 29.3 Å². The zero-order valence-electron chi connectivity index (χ0n) is 17.7. The van der Waals surface area contributed by atoms with Crippen LogP contribution in [0.3, 0.4) is 0 Å². The lowest BCUT2D eigenvalue weighted by molar-refractivity contribution is -0.153. The summed E-state index contributed by atoms with van der Waals surface area (Å²) in [7, 11) is 3.00. The maximum atomic E-state index is 13.0. The first-order chi connectivity index (χ1) is 15.3. The number of hydrogen-bond donors (Lipinski definition) is 0. The number of ketones is 2. The average Bonchev–Trinajstić information content (AvgIpc) is 3.12. The minimum atomic E-state index is -1.03. The van der Waals surface area contributed by atoms with Gasteiger partial charge in [0.1, 0.15) is 0 Å². The number of ether oxygens (including phenoxy) is 3. The highest BCUT2D eigenvalue weighted by molar-refractivity contribution is 6.38. The summed E-state index contributed by atoms with van der Waals surface area (Å²) in [5.74, 6) is -1.55. The van der Waals surface area contributed by atoms with Crippen LogP contribution in [0.25, 0.3) is 10.9 Å². The van der Waals surface area contributed by atoms with Crippen molar-refractivity contribution in [2.75, 3.05) is 20.8 Å². The summed E-state index contributed by atoms with van der Waals surface area (Å²) in [5.41, 5.74) is 1.72. The number of rotatable bonds is 9. The number of benzene rings is 2. The molecule has 32 heavy (non-hydrogen) atoms. The number of hydrogen-bond acceptors (Lipinski definition) is 6. The predicted octanol–water partition coefficient (Wildman–Crippen LogP) is 4.72. The molecule has 0 unspecified atom stereocenters. The lowest BCUT2D eigenvalue weighted by atomic mass is 10.0. The van der Waals surface area contributed by atoms with Gasteiger partial charge in [-0.3, -0.25) is 9.59 Å². The van der Waals surface area contributed by atoms with E-state index in [2.05, 4.69) is 0 Å². The number of methoxy groups -OCH3 is 2. The quantitative estimate of drug-likeness (QED) is 0.192. The van der Waals surface area contributed by atoms with Crippen LogP contribution in [0.15, 0.2) is 36.5 Å². The molecule has 1 heterocycles. The molecule has 0 bridgehead atoms. The molecule has 168 valence electrons. The summed E-state index contributed by atoms with van der Waals surface area (Å²) in [6, 6.07) is 8.56. The van der Waals surface area contributed by atoms with Crippen LogP contribution in [-0.2, 0) is 20.9 Å². The first kappa shape index (κ1) is 23.6. The lowest BCUT2D eigenvalue weighted by Crippen LogP contribution is -2.20. The van der Waals surface area contributed by atoms with Gasteiger partial charge < -0.3 is 18.8 Å². The van der Waals surface area contributed by atoms with Gasteiger partial charge in [-0.1, -0.05) is 29.3 Å². The molecule has 0 N–H and O–H groups in total. The van der Waals surface area contributed by atoms with Gasteiger partial charge in [0, 0.05) is 39.8 Å². The standard InChI is InChI=1S/C23H21Cl2NO6/c1-4-32-23(29)20(28)10-19(27)16-12-26(11-13-5-6-14(24)7-17(13)25)18-9-22(31-3)21(30-2)8-15(16)18/h5-9,12H,4,10-11H2,1-3H3. The zero-order chi connectivity index (χ0) is 23.4. The Morgan fingerprint density at radius 1 is 1.00 bits per heavy atom. The molecule has 3 aromatic rings. The highest BCUT2D eigenvalue weighted by Gasteiger charge is 2.24. The molecule has 0 spiro atoms. The van der Waals surface area contributed by atoms with Crippen molar-refractivity contribution in [1.29, 1.82) is 0 Å². The molecule has 0 saturated carbocycles. The first-order valence-electron chi connectivity index (χ1n) is 9.71. The van der Waals surface area contributed by atoms with Gasteiger partial charge in [0.05, 0.1) is 32.8 Å². The van der Waals surface area contributed by atoms with Gasteiger partial charge in [0.25, 0.3) is 0 Å². The van der Waals surface area contributed by atoms with E-state index in [1.54, 1.807) is 43.5 Å². The van der Waals surface area contributed by atoms with Crippen LogP contribution in [0, 0.1) is 0 Å². The SMILES string of the molecule is CCOC(=O)C(=O)CC(=O)c1cn(Cc2ccc(Cl)cc2Cl)c2cc(OC)c(OC)cc12. The number of halogens is 2. The van der Waals surface area contributed by atoms with Gasteiger partial charge in [0.2, 0.25) is 5.78 Å². The molecular formula is C23H21Cl2NO6.